The van der Waals surface area contributed by atoms with Gasteiger partial charge in [0.25, 0.3) is 0 Å². The largest absolute Gasteiger partial charge is 0.472 e. The Morgan fingerprint density at radius 1 is 0.920 bits per heavy atom. The predicted octanol–water partition coefficient (Wildman–Crippen LogP) is 7.01. The topological polar surface area (TPSA) is 55.8 Å². The van der Waals surface area contributed by atoms with Gasteiger partial charge in [-0.15, -0.1) is 0 Å². The summed E-state index contributed by atoms with van der Waals surface area (Å²) in [7, 11) is -3.90. The molecule has 1 saturated carbocycles. The highest BCUT2D eigenvalue weighted by Crippen LogP contribution is 2.47. The number of unbranched alkanes of at least 4 members (excludes halogenated alkanes) is 6. The maximum absolute atomic E-state index is 12.2. The third-order valence-electron chi connectivity index (χ3n) is 5.24. The summed E-state index contributed by atoms with van der Waals surface area (Å²) in [6.45, 7) is 4.79. The van der Waals surface area contributed by atoms with E-state index in [4.69, 9.17) is 9.05 Å². The van der Waals surface area contributed by atoms with Gasteiger partial charge in [0, 0.05) is 0 Å². The highest BCUT2D eigenvalue weighted by molar-refractivity contribution is 7.47. The van der Waals surface area contributed by atoms with Gasteiger partial charge in [0.15, 0.2) is 0 Å². The van der Waals surface area contributed by atoms with E-state index in [0.29, 0.717) is 12.5 Å². The van der Waals surface area contributed by atoms with Gasteiger partial charge in [-0.1, -0.05) is 84.5 Å². The summed E-state index contributed by atoms with van der Waals surface area (Å²) in [5, 5.41) is 0. The number of phosphoric ester groups is 1. The number of phosphoric acid groups is 1. The quantitative estimate of drug-likeness (QED) is 0.247. The molecule has 0 saturated heterocycles. The van der Waals surface area contributed by atoms with Crippen LogP contribution in [0.2, 0.25) is 0 Å². The molecule has 0 amide bonds. The molecule has 25 heavy (non-hydrogen) atoms. The van der Waals surface area contributed by atoms with E-state index in [1.165, 1.54) is 57.8 Å². The molecule has 0 heterocycles. The molecule has 2 atom stereocenters. The molecule has 1 fully saturated rings. The van der Waals surface area contributed by atoms with Crippen molar-refractivity contribution in [3.63, 3.8) is 0 Å². The van der Waals surface area contributed by atoms with Gasteiger partial charge in [-0.2, -0.15) is 0 Å². The molecule has 1 aliphatic carbocycles. The Balaban J connectivity index is 2.33. The van der Waals surface area contributed by atoms with Gasteiger partial charge >= 0.3 is 7.82 Å². The van der Waals surface area contributed by atoms with Crippen molar-refractivity contribution in [3.05, 3.63) is 0 Å². The Bertz CT molecular complexity index is 356. The predicted molar refractivity (Wildman–Crippen MR) is 105 cm³/mol. The van der Waals surface area contributed by atoms with Gasteiger partial charge in [0.2, 0.25) is 0 Å². The van der Waals surface area contributed by atoms with Gasteiger partial charge in [0.1, 0.15) is 0 Å². The van der Waals surface area contributed by atoms with E-state index in [1.54, 1.807) is 0 Å². The SMILES string of the molecule is CCCCCCCC(CCCCC)COP(=O)(O)OC1CCCCC1. The molecule has 0 aromatic heterocycles. The van der Waals surface area contributed by atoms with Crippen molar-refractivity contribution in [1.29, 1.82) is 0 Å². The van der Waals surface area contributed by atoms with E-state index < -0.39 is 7.82 Å². The first-order valence-corrected chi connectivity index (χ1v) is 12.2. The Morgan fingerprint density at radius 2 is 1.48 bits per heavy atom. The molecule has 150 valence electrons. The lowest BCUT2D eigenvalue weighted by molar-refractivity contribution is 0.0722. The van der Waals surface area contributed by atoms with Crippen LogP contribution in [0.1, 0.15) is 110 Å². The van der Waals surface area contributed by atoms with Crippen LogP contribution in [0.5, 0.6) is 0 Å². The molecule has 4 nitrogen and oxygen atoms in total. The van der Waals surface area contributed by atoms with Crippen molar-refractivity contribution < 1.29 is 18.5 Å². The highest BCUT2D eigenvalue weighted by atomic mass is 31.2. The molecule has 0 aromatic carbocycles. The van der Waals surface area contributed by atoms with Gasteiger partial charge in [-0.25, -0.2) is 4.57 Å². The minimum absolute atomic E-state index is 0.0998. The van der Waals surface area contributed by atoms with Crippen LogP contribution in [0.15, 0.2) is 0 Å². The lowest BCUT2D eigenvalue weighted by Gasteiger charge is -2.25. The molecule has 2 unspecified atom stereocenters. The van der Waals surface area contributed by atoms with Crippen LogP contribution in [0.4, 0.5) is 0 Å². The zero-order valence-corrected chi connectivity index (χ0v) is 17.5. The molecule has 1 N–H and O–H groups in total. The fourth-order valence-electron chi connectivity index (χ4n) is 3.62. The first kappa shape index (κ1) is 23.1. The third-order valence-corrected chi connectivity index (χ3v) is 6.28. The summed E-state index contributed by atoms with van der Waals surface area (Å²) in [4.78, 5) is 10.0. The molecule has 0 bridgehead atoms. The van der Waals surface area contributed by atoms with Crippen LogP contribution in [-0.2, 0) is 13.6 Å². The fraction of sp³-hybridized carbons (Fsp3) is 1.00. The van der Waals surface area contributed by atoms with Gasteiger partial charge < -0.3 is 4.89 Å². The first-order valence-electron chi connectivity index (χ1n) is 10.7. The van der Waals surface area contributed by atoms with Gasteiger partial charge in [-0.05, 0) is 31.6 Å². The number of hydrogen-bond donors (Lipinski definition) is 1. The minimum Gasteiger partial charge on any atom is -0.302 e. The van der Waals surface area contributed by atoms with E-state index in [1.807, 2.05) is 0 Å². The second-order valence-electron chi connectivity index (χ2n) is 7.69. The van der Waals surface area contributed by atoms with Crippen LogP contribution < -0.4 is 0 Å². The zero-order valence-electron chi connectivity index (χ0n) is 16.6. The van der Waals surface area contributed by atoms with Gasteiger partial charge in [-0.3, -0.25) is 9.05 Å². The highest BCUT2D eigenvalue weighted by Gasteiger charge is 2.28. The molecule has 5 heteroatoms. The molecule has 0 spiro atoms. The molecule has 0 radical (unpaired) electrons. The lowest BCUT2D eigenvalue weighted by Crippen LogP contribution is -2.17. The van der Waals surface area contributed by atoms with Crippen LogP contribution in [0.25, 0.3) is 0 Å². The lowest BCUT2D eigenvalue weighted by atomic mass is 9.95. The summed E-state index contributed by atoms with van der Waals surface area (Å²) in [5.74, 6) is 0.378. The minimum atomic E-state index is -3.90. The maximum Gasteiger partial charge on any atom is 0.472 e. The van der Waals surface area contributed by atoms with Crippen molar-refractivity contribution in [2.24, 2.45) is 5.92 Å². The monoisotopic (exact) mass is 376 g/mol. The molecule has 1 rings (SSSR count). The van der Waals surface area contributed by atoms with Crippen LogP contribution >= 0.6 is 7.82 Å². The average molecular weight is 377 g/mol. The number of rotatable bonds is 15. The van der Waals surface area contributed by atoms with Crippen molar-refractivity contribution in [2.75, 3.05) is 6.61 Å². The van der Waals surface area contributed by atoms with Crippen molar-refractivity contribution in [3.8, 4) is 0 Å². The number of hydrogen-bond acceptors (Lipinski definition) is 3. The molecular formula is C20H41O4P. The maximum atomic E-state index is 12.2. The van der Waals surface area contributed by atoms with Crippen molar-refractivity contribution in [2.45, 2.75) is 116 Å². The fourth-order valence-corrected chi connectivity index (χ4v) is 4.67. The standard InChI is InChI=1S/C20H41O4P/c1-3-5-7-8-11-15-19(14-10-6-4-2)18-23-25(21,22)24-20-16-12-9-13-17-20/h19-20H,3-18H2,1-2H3,(H,21,22). The Hall–Kier alpha value is 0.110. The summed E-state index contributed by atoms with van der Waals surface area (Å²) in [6, 6.07) is 0. The second-order valence-corrected chi connectivity index (χ2v) is 9.10. The Labute approximate surface area is 155 Å². The van der Waals surface area contributed by atoms with Crippen LogP contribution in [-0.4, -0.2) is 17.6 Å². The Morgan fingerprint density at radius 3 is 2.12 bits per heavy atom. The zero-order chi connectivity index (χ0) is 18.4. The normalized spacial score (nSPS) is 19.6. The molecule has 0 aliphatic heterocycles. The summed E-state index contributed by atoms with van der Waals surface area (Å²) >= 11 is 0. The van der Waals surface area contributed by atoms with Crippen LogP contribution in [0, 0.1) is 5.92 Å². The Kier molecular flexibility index (Phi) is 13.2. The van der Waals surface area contributed by atoms with Crippen LogP contribution in [0.3, 0.4) is 0 Å². The van der Waals surface area contributed by atoms with Crippen molar-refractivity contribution >= 4 is 7.82 Å². The van der Waals surface area contributed by atoms with E-state index >= 15 is 0 Å². The summed E-state index contributed by atoms with van der Waals surface area (Å²) < 4.78 is 23.0. The van der Waals surface area contributed by atoms with E-state index in [0.717, 1.165) is 38.5 Å². The molecular weight excluding hydrogens is 335 g/mol. The smallest absolute Gasteiger partial charge is 0.302 e. The van der Waals surface area contributed by atoms with Gasteiger partial charge in [0.05, 0.1) is 12.7 Å². The summed E-state index contributed by atoms with van der Waals surface area (Å²) in [5.41, 5.74) is 0. The average Bonchev–Trinajstić information content (AvgIpc) is 2.59. The van der Waals surface area contributed by atoms with E-state index in [9.17, 15) is 9.46 Å². The molecule has 0 aromatic rings. The first-order chi connectivity index (χ1) is 12.1. The third kappa shape index (κ3) is 12.2. The van der Waals surface area contributed by atoms with Crippen molar-refractivity contribution in [1.82, 2.24) is 0 Å². The molecule has 1 aliphatic rings. The van der Waals surface area contributed by atoms with E-state index in [2.05, 4.69) is 13.8 Å². The summed E-state index contributed by atoms with van der Waals surface area (Å²) in [6.07, 6.45) is 17.1. The second kappa shape index (κ2) is 14.2. The van der Waals surface area contributed by atoms with E-state index in [-0.39, 0.29) is 6.10 Å².